The number of piperidine rings is 1. The first-order valence-electron chi connectivity index (χ1n) is 13.1. The van der Waals surface area contributed by atoms with Crippen molar-refractivity contribution in [2.75, 3.05) is 34.0 Å². The smallest absolute Gasteiger partial charge is 0.323 e. The molecule has 3 aromatic rings. The number of aromatic nitrogens is 2. The van der Waals surface area contributed by atoms with E-state index in [1.807, 2.05) is 42.2 Å². The van der Waals surface area contributed by atoms with Crippen LogP contribution in [0.15, 0.2) is 36.4 Å². The molecule has 0 amide bonds. The molecule has 5 rings (SSSR count). The molecule has 0 spiro atoms. The largest absolute Gasteiger partial charge is 0.486 e. The van der Waals surface area contributed by atoms with Crippen molar-refractivity contribution in [3.05, 3.63) is 53.1 Å². The third-order valence-corrected chi connectivity index (χ3v) is 7.21. The van der Waals surface area contributed by atoms with E-state index in [-0.39, 0.29) is 12.6 Å². The van der Waals surface area contributed by atoms with Crippen LogP contribution in [-0.4, -0.2) is 66.0 Å². The summed E-state index contributed by atoms with van der Waals surface area (Å²) < 4.78 is 28.5. The van der Waals surface area contributed by atoms with Gasteiger partial charge in [0.15, 0.2) is 11.5 Å². The van der Waals surface area contributed by atoms with E-state index in [1.165, 1.54) is 14.2 Å². The molecule has 10 nitrogen and oxygen atoms in total. The number of likely N-dealkylation sites (tertiary alicyclic amines) is 1. The summed E-state index contributed by atoms with van der Waals surface area (Å²) in [4.78, 5) is 22.6. The molecule has 1 fully saturated rings. The molecule has 1 N–H and O–H groups in total. The SMILES string of the molecule is COc1nc(OCc2cccc(-c3ccc4c(c3)OCCO4)c2C)nc(OC)c1CN1CCCC[C@H]1C(=O)O. The molecule has 2 aliphatic heterocycles. The Kier molecular flexibility index (Phi) is 8.02. The number of hydrogen-bond donors (Lipinski definition) is 1. The van der Waals surface area contributed by atoms with E-state index in [4.69, 9.17) is 23.7 Å². The highest BCUT2D eigenvalue weighted by Crippen LogP contribution is 2.36. The Balaban J connectivity index is 1.35. The lowest BCUT2D eigenvalue weighted by molar-refractivity contribution is -0.144. The molecule has 2 aromatic carbocycles. The summed E-state index contributed by atoms with van der Waals surface area (Å²) in [5.41, 5.74) is 4.73. The molecule has 206 valence electrons. The van der Waals surface area contributed by atoms with Crippen LogP contribution >= 0.6 is 0 Å². The normalized spacial score (nSPS) is 16.9. The number of ether oxygens (including phenoxy) is 5. The summed E-state index contributed by atoms with van der Waals surface area (Å²) in [7, 11) is 3.03. The number of hydrogen-bond acceptors (Lipinski definition) is 9. The van der Waals surface area contributed by atoms with Gasteiger partial charge < -0.3 is 28.8 Å². The minimum atomic E-state index is -0.831. The number of rotatable bonds is 9. The van der Waals surface area contributed by atoms with Gasteiger partial charge in [0.05, 0.1) is 19.8 Å². The first-order valence-corrected chi connectivity index (χ1v) is 13.1. The molecule has 1 atom stereocenters. The van der Waals surface area contributed by atoms with Crippen molar-refractivity contribution in [2.45, 2.75) is 45.4 Å². The van der Waals surface area contributed by atoms with Gasteiger partial charge in [0, 0.05) is 6.54 Å². The highest BCUT2D eigenvalue weighted by molar-refractivity contribution is 5.73. The Morgan fingerprint density at radius 3 is 2.51 bits per heavy atom. The van der Waals surface area contributed by atoms with Crippen molar-refractivity contribution in [1.82, 2.24) is 14.9 Å². The standard InChI is InChI=1S/C29H33N3O7/c1-18-20(7-6-8-21(18)19-10-11-24-25(15-19)38-14-13-37-24)17-39-29-30-26(35-2)22(27(31-29)36-3)16-32-12-5-4-9-23(32)28(33)34/h6-8,10-11,15,23H,4-5,9,12-14,16-17H2,1-3H3,(H,33,34)/t23-/m0/s1. The molecule has 0 aliphatic carbocycles. The maximum absolute atomic E-state index is 11.8. The summed E-state index contributed by atoms with van der Waals surface area (Å²) in [6.45, 7) is 4.35. The lowest BCUT2D eigenvalue weighted by Crippen LogP contribution is -2.44. The van der Waals surface area contributed by atoms with Crippen LogP contribution in [-0.2, 0) is 17.9 Å². The van der Waals surface area contributed by atoms with Crippen molar-refractivity contribution >= 4 is 5.97 Å². The molecule has 3 heterocycles. The summed E-state index contributed by atoms with van der Waals surface area (Å²) in [5, 5.41) is 9.66. The van der Waals surface area contributed by atoms with Gasteiger partial charge >= 0.3 is 12.0 Å². The van der Waals surface area contributed by atoms with Crippen LogP contribution in [0.1, 0.15) is 36.0 Å². The molecule has 2 aliphatic rings. The minimum absolute atomic E-state index is 0.116. The van der Waals surface area contributed by atoms with E-state index in [2.05, 4.69) is 16.0 Å². The maximum atomic E-state index is 11.8. The van der Waals surface area contributed by atoms with Gasteiger partial charge in [-0.2, -0.15) is 9.97 Å². The molecule has 10 heteroatoms. The van der Waals surface area contributed by atoms with E-state index >= 15 is 0 Å². The first-order chi connectivity index (χ1) is 19.0. The molecular weight excluding hydrogens is 502 g/mol. The number of methoxy groups -OCH3 is 2. The molecule has 0 radical (unpaired) electrons. The highest BCUT2D eigenvalue weighted by atomic mass is 16.6. The fraction of sp³-hybridized carbons (Fsp3) is 0.414. The molecule has 1 aromatic heterocycles. The van der Waals surface area contributed by atoms with Crippen LogP contribution in [0, 0.1) is 6.92 Å². The fourth-order valence-electron chi connectivity index (χ4n) is 5.13. The second-order valence-electron chi connectivity index (χ2n) is 9.56. The first kappa shape index (κ1) is 26.6. The second kappa shape index (κ2) is 11.8. The fourth-order valence-corrected chi connectivity index (χ4v) is 5.13. The Labute approximate surface area is 227 Å². The van der Waals surface area contributed by atoms with Gasteiger partial charge in [-0.15, -0.1) is 0 Å². The summed E-state index contributed by atoms with van der Waals surface area (Å²) in [6, 6.07) is 11.6. The third kappa shape index (κ3) is 5.70. The van der Waals surface area contributed by atoms with Crippen LogP contribution in [0.25, 0.3) is 11.1 Å². The lowest BCUT2D eigenvalue weighted by Gasteiger charge is -2.33. The monoisotopic (exact) mass is 535 g/mol. The van der Waals surface area contributed by atoms with Crippen LogP contribution in [0.5, 0.6) is 29.3 Å². The predicted molar refractivity (Wildman–Crippen MR) is 143 cm³/mol. The van der Waals surface area contributed by atoms with Gasteiger partial charge in [-0.05, 0) is 60.7 Å². The molecule has 0 saturated carbocycles. The zero-order chi connectivity index (χ0) is 27.4. The number of nitrogens with zero attached hydrogens (tertiary/aromatic N) is 3. The maximum Gasteiger partial charge on any atom is 0.323 e. The van der Waals surface area contributed by atoms with Crippen molar-refractivity contribution in [2.24, 2.45) is 0 Å². The molecule has 0 bridgehead atoms. The number of carbonyl (C=O) groups is 1. The second-order valence-corrected chi connectivity index (χ2v) is 9.56. The van der Waals surface area contributed by atoms with Crippen molar-refractivity contribution in [3.8, 4) is 40.4 Å². The lowest BCUT2D eigenvalue weighted by atomic mass is 9.96. The Hall–Kier alpha value is -4.05. The van der Waals surface area contributed by atoms with Crippen LogP contribution < -0.4 is 23.7 Å². The van der Waals surface area contributed by atoms with Crippen LogP contribution in [0.4, 0.5) is 0 Å². The van der Waals surface area contributed by atoms with Crippen LogP contribution in [0.3, 0.4) is 0 Å². The Bertz CT molecular complexity index is 1320. The number of carboxylic acids is 1. The Morgan fingerprint density at radius 1 is 1.05 bits per heavy atom. The van der Waals surface area contributed by atoms with Gasteiger partial charge in [0.2, 0.25) is 11.8 Å². The molecule has 39 heavy (non-hydrogen) atoms. The van der Waals surface area contributed by atoms with E-state index in [0.29, 0.717) is 50.0 Å². The average molecular weight is 536 g/mol. The van der Waals surface area contributed by atoms with E-state index < -0.39 is 12.0 Å². The summed E-state index contributed by atoms with van der Waals surface area (Å²) in [6.07, 6.45) is 2.42. The van der Waals surface area contributed by atoms with Crippen LogP contribution in [0.2, 0.25) is 0 Å². The number of benzene rings is 2. The summed E-state index contributed by atoms with van der Waals surface area (Å²) >= 11 is 0. The predicted octanol–water partition coefficient (Wildman–Crippen LogP) is 4.26. The van der Waals surface area contributed by atoms with Crippen molar-refractivity contribution < 1.29 is 33.6 Å². The number of carboxylic acid groups (broad SMARTS) is 1. The van der Waals surface area contributed by atoms with Gasteiger partial charge in [0.25, 0.3) is 0 Å². The highest BCUT2D eigenvalue weighted by Gasteiger charge is 2.31. The molecular formula is C29H33N3O7. The zero-order valence-electron chi connectivity index (χ0n) is 22.4. The minimum Gasteiger partial charge on any atom is -0.486 e. The number of fused-ring (bicyclic) bond motifs is 1. The average Bonchev–Trinajstić information content (AvgIpc) is 2.96. The van der Waals surface area contributed by atoms with E-state index in [9.17, 15) is 9.90 Å². The van der Waals surface area contributed by atoms with Gasteiger partial charge in [-0.3, -0.25) is 9.69 Å². The number of aliphatic carboxylic acids is 1. The topological polar surface area (TPSA) is 112 Å². The molecule has 1 saturated heterocycles. The van der Waals surface area contributed by atoms with Crippen molar-refractivity contribution in [3.63, 3.8) is 0 Å². The van der Waals surface area contributed by atoms with E-state index in [1.54, 1.807) is 0 Å². The quantitative estimate of drug-likeness (QED) is 0.426. The van der Waals surface area contributed by atoms with Gasteiger partial charge in [-0.25, -0.2) is 0 Å². The third-order valence-electron chi connectivity index (χ3n) is 7.21. The Morgan fingerprint density at radius 2 is 1.79 bits per heavy atom. The van der Waals surface area contributed by atoms with Gasteiger partial charge in [-0.1, -0.05) is 30.7 Å². The van der Waals surface area contributed by atoms with E-state index in [0.717, 1.165) is 46.6 Å². The summed E-state index contributed by atoms with van der Waals surface area (Å²) in [5.74, 6) is 1.26. The molecule has 0 unspecified atom stereocenters. The van der Waals surface area contributed by atoms with Gasteiger partial charge in [0.1, 0.15) is 25.9 Å². The van der Waals surface area contributed by atoms with Crippen molar-refractivity contribution in [1.29, 1.82) is 0 Å². The zero-order valence-corrected chi connectivity index (χ0v) is 22.4.